The topological polar surface area (TPSA) is 46.5 Å². The van der Waals surface area contributed by atoms with E-state index in [4.69, 9.17) is 0 Å². The van der Waals surface area contributed by atoms with E-state index in [2.05, 4.69) is 4.52 Å². The summed E-state index contributed by atoms with van der Waals surface area (Å²) in [6, 6.07) is 0. The van der Waals surface area contributed by atoms with Gasteiger partial charge < -0.3 is 9.63 Å². The second-order valence-electron chi connectivity index (χ2n) is 2.52. The summed E-state index contributed by atoms with van der Waals surface area (Å²) in [5, 5.41) is 9.31. The molecule has 2 unspecified atom stereocenters. The van der Waals surface area contributed by atoms with Crippen LogP contribution in [0.25, 0.3) is 0 Å². The molecule has 0 bridgehead atoms. The first kappa shape index (κ1) is 9.86. The predicted molar refractivity (Wildman–Crippen MR) is 41.3 cm³/mol. The Morgan fingerprint density at radius 2 is 2.30 bits per heavy atom. The van der Waals surface area contributed by atoms with Gasteiger partial charge >= 0.3 is 5.97 Å². The zero-order chi connectivity index (χ0) is 8.20. The van der Waals surface area contributed by atoms with Crippen LogP contribution in [0.2, 0.25) is 0 Å². The quantitative estimate of drug-likeness (QED) is 0.629. The van der Waals surface area contributed by atoms with Crippen LogP contribution in [0.4, 0.5) is 0 Å². The zero-order valence-corrected chi connectivity index (χ0v) is 7.41. The normalized spacial score (nSPS) is 16.0. The molecule has 10 heavy (non-hydrogen) atoms. The standard InChI is InChI=1S/C6H13O3P/c1-3-6(2,8)4-5(7)9-10/h8H,3-4,10H2,1-2H3. The fourth-order valence-electron chi connectivity index (χ4n) is 0.478. The van der Waals surface area contributed by atoms with Gasteiger partial charge in [0.25, 0.3) is 0 Å². The minimum Gasteiger partial charge on any atom is -0.451 e. The summed E-state index contributed by atoms with van der Waals surface area (Å²) in [7, 11) is 1.86. The van der Waals surface area contributed by atoms with Gasteiger partial charge in [0.1, 0.15) is 0 Å². The van der Waals surface area contributed by atoms with Crippen molar-refractivity contribution in [3.63, 3.8) is 0 Å². The number of hydrogen-bond donors (Lipinski definition) is 1. The lowest BCUT2D eigenvalue weighted by molar-refractivity contribution is -0.138. The van der Waals surface area contributed by atoms with Gasteiger partial charge in [0.05, 0.1) is 21.5 Å². The zero-order valence-electron chi connectivity index (χ0n) is 6.26. The lowest BCUT2D eigenvalue weighted by Gasteiger charge is -2.18. The highest BCUT2D eigenvalue weighted by Crippen LogP contribution is 2.14. The molecule has 0 radical (unpaired) electrons. The second-order valence-corrected chi connectivity index (χ2v) is 2.75. The molecule has 2 atom stereocenters. The van der Waals surface area contributed by atoms with Crippen LogP contribution in [0.15, 0.2) is 0 Å². The summed E-state index contributed by atoms with van der Waals surface area (Å²) in [6.45, 7) is 3.42. The van der Waals surface area contributed by atoms with E-state index in [-0.39, 0.29) is 6.42 Å². The smallest absolute Gasteiger partial charge is 0.310 e. The average Bonchev–Trinajstić information content (AvgIpc) is 1.87. The van der Waals surface area contributed by atoms with Crippen molar-refractivity contribution in [2.45, 2.75) is 32.3 Å². The van der Waals surface area contributed by atoms with Crippen molar-refractivity contribution in [3.05, 3.63) is 0 Å². The van der Waals surface area contributed by atoms with Crippen LogP contribution in [0.5, 0.6) is 0 Å². The average molecular weight is 164 g/mol. The highest BCUT2D eigenvalue weighted by atomic mass is 31.0. The number of aliphatic hydroxyl groups is 1. The Bertz CT molecular complexity index is 122. The summed E-state index contributed by atoms with van der Waals surface area (Å²) in [6.07, 6.45) is 0.597. The van der Waals surface area contributed by atoms with E-state index in [1.807, 2.05) is 16.4 Å². The molecule has 60 valence electrons. The minimum atomic E-state index is -0.923. The van der Waals surface area contributed by atoms with Crippen molar-refractivity contribution in [2.24, 2.45) is 0 Å². The Labute approximate surface area is 63.0 Å². The summed E-state index contributed by atoms with van der Waals surface area (Å²) in [5.41, 5.74) is -0.923. The van der Waals surface area contributed by atoms with Gasteiger partial charge in [-0.3, -0.25) is 4.79 Å². The molecule has 0 saturated heterocycles. The molecule has 3 nitrogen and oxygen atoms in total. The molecular weight excluding hydrogens is 151 g/mol. The molecule has 0 heterocycles. The first-order valence-corrected chi connectivity index (χ1v) is 3.61. The molecule has 4 heteroatoms. The van der Waals surface area contributed by atoms with Crippen LogP contribution < -0.4 is 0 Å². The Balaban J connectivity index is 3.76. The number of carbonyl (C=O) groups excluding carboxylic acids is 1. The lowest BCUT2D eigenvalue weighted by Crippen LogP contribution is -2.26. The number of rotatable bonds is 3. The van der Waals surface area contributed by atoms with Crippen LogP contribution in [0.3, 0.4) is 0 Å². The van der Waals surface area contributed by atoms with Crippen LogP contribution in [0.1, 0.15) is 26.7 Å². The molecule has 1 N–H and O–H groups in total. The van der Waals surface area contributed by atoms with E-state index in [0.29, 0.717) is 6.42 Å². The Morgan fingerprint density at radius 3 is 2.60 bits per heavy atom. The van der Waals surface area contributed by atoms with Gasteiger partial charge in [0.15, 0.2) is 0 Å². The minimum absolute atomic E-state index is 0.0486. The van der Waals surface area contributed by atoms with E-state index < -0.39 is 11.6 Å². The van der Waals surface area contributed by atoms with Crippen LogP contribution in [-0.4, -0.2) is 16.7 Å². The highest BCUT2D eigenvalue weighted by Gasteiger charge is 2.21. The van der Waals surface area contributed by atoms with E-state index in [0.717, 1.165) is 0 Å². The SMILES string of the molecule is CCC(C)(O)CC(=O)OP. The van der Waals surface area contributed by atoms with Crippen LogP contribution in [0, 0.1) is 0 Å². The highest BCUT2D eigenvalue weighted by molar-refractivity contribution is 7.10. The molecule has 0 aliphatic carbocycles. The van der Waals surface area contributed by atoms with Gasteiger partial charge in [0.2, 0.25) is 0 Å². The molecule has 0 aromatic carbocycles. The maximum absolute atomic E-state index is 10.6. The molecule has 0 saturated carbocycles. The third-order valence-electron chi connectivity index (χ3n) is 1.42. The van der Waals surface area contributed by atoms with Crippen molar-refractivity contribution >= 4 is 15.4 Å². The molecule has 0 aliphatic heterocycles. The Hall–Kier alpha value is -0.140. The molecule has 0 rings (SSSR count). The van der Waals surface area contributed by atoms with Gasteiger partial charge in [-0.1, -0.05) is 6.92 Å². The molecule has 0 spiro atoms. The van der Waals surface area contributed by atoms with Gasteiger partial charge in [0, 0.05) is 0 Å². The summed E-state index contributed by atoms with van der Waals surface area (Å²) >= 11 is 0. The first-order chi connectivity index (χ1) is 4.52. The molecule has 0 fully saturated rings. The molecule has 0 aromatic heterocycles. The summed E-state index contributed by atoms with van der Waals surface area (Å²) in [4.78, 5) is 10.6. The van der Waals surface area contributed by atoms with Gasteiger partial charge in [-0.05, 0) is 13.3 Å². The third-order valence-corrected chi connectivity index (χ3v) is 1.68. The molecule has 0 amide bonds. The van der Waals surface area contributed by atoms with E-state index in [9.17, 15) is 9.90 Å². The van der Waals surface area contributed by atoms with Crippen molar-refractivity contribution in [1.29, 1.82) is 0 Å². The maximum Gasteiger partial charge on any atom is 0.310 e. The monoisotopic (exact) mass is 164 g/mol. The summed E-state index contributed by atoms with van der Waals surface area (Å²) < 4.78 is 4.31. The van der Waals surface area contributed by atoms with Crippen molar-refractivity contribution in [3.8, 4) is 0 Å². The molecular formula is C6H13O3P. The Morgan fingerprint density at radius 1 is 1.80 bits per heavy atom. The van der Waals surface area contributed by atoms with Crippen LogP contribution >= 0.6 is 9.47 Å². The third kappa shape index (κ3) is 3.80. The van der Waals surface area contributed by atoms with E-state index in [1.165, 1.54) is 0 Å². The fourth-order valence-corrected chi connectivity index (χ4v) is 0.561. The van der Waals surface area contributed by atoms with E-state index >= 15 is 0 Å². The predicted octanol–water partition coefficient (Wildman–Crippen LogP) is 0.871. The number of carbonyl (C=O) groups is 1. The largest absolute Gasteiger partial charge is 0.451 e. The maximum atomic E-state index is 10.6. The van der Waals surface area contributed by atoms with Crippen LogP contribution in [-0.2, 0) is 9.32 Å². The molecule has 0 aromatic rings. The fraction of sp³-hybridized carbons (Fsp3) is 0.833. The molecule has 0 aliphatic rings. The first-order valence-electron chi connectivity index (χ1n) is 3.14. The lowest BCUT2D eigenvalue weighted by atomic mass is 10.00. The second kappa shape index (κ2) is 3.89. The van der Waals surface area contributed by atoms with Gasteiger partial charge in [-0.2, -0.15) is 0 Å². The van der Waals surface area contributed by atoms with Crippen molar-refractivity contribution in [1.82, 2.24) is 0 Å². The van der Waals surface area contributed by atoms with Crippen molar-refractivity contribution in [2.75, 3.05) is 0 Å². The van der Waals surface area contributed by atoms with Gasteiger partial charge in [-0.25, -0.2) is 0 Å². The van der Waals surface area contributed by atoms with Crippen molar-refractivity contribution < 1.29 is 14.4 Å². The van der Waals surface area contributed by atoms with Gasteiger partial charge in [-0.15, -0.1) is 0 Å². The Kier molecular flexibility index (Phi) is 3.84. The number of hydrogen-bond acceptors (Lipinski definition) is 3. The summed E-state index contributed by atoms with van der Waals surface area (Å²) in [5.74, 6) is -0.406. The van der Waals surface area contributed by atoms with E-state index in [1.54, 1.807) is 6.92 Å².